The highest BCUT2D eigenvalue weighted by molar-refractivity contribution is 5.65. The zero-order valence-corrected chi connectivity index (χ0v) is 16.0. The quantitative estimate of drug-likeness (QED) is 0.492. The second-order valence-corrected chi connectivity index (χ2v) is 9.95. The third-order valence-electron chi connectivity index (χ3n) is 8.93. The van der Waals surface area contributed by atoms with Gasteiger partial charge in [0.05, 0.1) is 6.61 Å². The van der Waals surface area contributed by atoms with E-state index in [2.05, 4.69) is 26.8 Å². The van der Waals surface area contributed by atoms with Crippen molar-refractivity contribution in [3.63, 3.8) is 0 Å². The molecule has 2 nitrogen and oxygen atoms in total. The van der Waals surface area contributed by atoms with Crippen LogP contribution in [-0.2, 0) is 9.53 Å². The van der Waals surface area contributed by atoms with Gasteiger partial charge < -0.3 is 4.74 Å². The van der Waals surface area contributed by atoms with E-state index in [9.17, 15) is 4.79 Å². The summed E-state index contributed by atoms with van der Waals surface area (Å²) in [6.45, 7) is 9.58. The summed E-state index contributed by atoms with van der Waals surface area (Å²) in [6, 6.07) is 0. The number of carbonyl (C=O) groups excluding carboxylic acids is 1. The molecule has 6 atom stereocenters. The lowest BCUT2D eigenvalue weighted by Crippen LogP contribution is -2.59. The summed E-state index contributed by atoms with van der Waals surface area (Å²) in [4.78, 5) is 11.4. The maximum Gasteiger partial charge on any atom is 0.302 e. The molecule has 4 aliphatic carbocycles. The molecule has 0 unspecified atom stereocenters. The van der Waals surface area contributed by atoms with Crippen LogP contribution in [0.5, 0.6) is 0 Å². The van der Waals surface area contributed by atoms with Crippen molar-refractivity contribution in [1.29, 1.82) is 0 Å². The van der Waals surface area contributed by atoms with Crippen molar-refractivity contribution in [2.75, 3.05) is 6.61 Å². The predicted molar refractivity (Wildman–Crippen MR) is 96.4 cm³/mol. The number of fused-ring (bicyclic) bond motifs is 2. The third kappa shape index (κ3) is 2.10. The normalized spacial score (nSPS) is 49.8. The summed E-state index contributed by atoms with van der Waals surface area (Å²) in [6.07, 6.45) is 13.5. The van der Waals surface area contributed by atoms with Gasteiger partial charge in [-0.1, -0.05) is 31.9 Å². The Bertz CT molecular complexity index is 579. The summed E-state index contributed by atoms with van der Waals surface area (Å²) in [5, 5.41) is 0. The van der Waals surface area contributed by atoms with Gasteiger partial charge in [-0.05, 0) is 80.5 Å². The van der Waals surface area contributed by atoms with Gasteiger partial charge in [0, 0.05) is 12.3 Å². The molecule has 0 radical (unpaired) electrons. The van der Waals surface area contributed by atoms with Crippen molar-refractivity contribution in [2.45, 2.75) is 79.1 Å². The summed E-state index contributed by atoms with van der Waals surface area (Å²) < 4.78 is 5.56. The molecule has 0 N–H and O–H groups in total. The van der Waals surface area contributed by atoms with Crippen molar-refractivity contribution in [3.8, 4) is 0 Å². The van der Waals surface area contributed by atoms with Gasteiger partial charge in [0.1, 0.15) is 0 Å². The molecule has 24 heavy (non-hydrogen) atoms. The van der Waals surface area contributed by atoms with E-state index in [-0.39, 0.29) is 11.4 Å². The number of hydrogen-bond donors (Lipinski definition) is 0. The molecule has 3 fully saturated rings. The van der Waals surface area contributed by atoms with E-state index in [0.717, 1.165) is 11.8 Å². The van der Waals surface area contributed by atoms with Gasteiger partial charge in [0.25, 0.3) is 0 Å². The first kappa shape index (κ1) is 16.7. The van der Waals surface area contributed by atoms with Crippen LogP contribution in [0.2, 0.25) is 0 Å². The highest BCUT2D eigenvalue weighted by Gasteiger charge is 2.65. The first-order valence-electron chi connectivity index (χ1n) is 10.1. The number of hydrogen-bond acceptors (Lipinski definition) is 2. The average molecular weight is 331 g/mol. The van der Waals surface area contributed by atoms with Gasteiger partial charge in [0.15, 0.2) is 0 Å². The maximum atomic E-state index is 11.4. The van der Waals surface area contributed by atoms with Crippen molar-refractivity contribution in [1.82, 2.24) is 0 Å². The van der Waals surface area contributed by atoms with Crippen LogP contribution < -0.4 is 0 Å². The molecule has 0 aromatic heterocycles. The predicted octanol–water partition coefficient (Wildman–Crippen LogP) is 5.52. The Morgan fingerprint density at radius 1 is 1.21 bits per heavy atom. The molecule has 0 aromatic carbocycles. The van der Waals surface area contributed by atoms with Crippen molar-refractivity contribution < 1.29 is 9.53 Å². The fourth-order valence-corrected chi connectivity index (χ4v) is 7.74. The molecule has 4 rings (SSSR count). The Hall–Kier alpha value is -0.790. The van der Waals surface area contributed by atoms with Crippen LogP contribution in [0, 0.1) is 34.0 Å². The number of allylic oxidation sites excluding steroid dienone is 2. The molecular weight excluding hydrogens is 296 g/mol. The van der Waals surface area contributed by atoms with E-state index < -0.39 is 0 Å². The van der Waals surface area contributed by atoms with E-state index in [1.807, 2.05) is 0 Å². The smallest absolute Gasteiger partial charge is 0.302 e. The van der Waals surface area contributed by atoms with Crippen LogP contribution in [0.1, 0.15) is 79.1 Å². The number of esters is 1. The average Bonchev–Trinajstić information content (AvgIpc) is 2.91. The van der Waals surface area contributed by atoms with Crippen LogP contribution in [-0.4, -0.2) is 12.6 Å². The zero-order chi connectivity index (χ0) is 17.2. The minimum absolute atomic E-state index is 0.118. The Kier molecular flexibility index (Phi) is 3.72. The molecule has 0 aliphatic heterocycles. The number of carbonyl (C=O) groups is 1. The SMILES string of the molecule is CC(=O)OC[C@]1(C)CCC[C@]2(C)[C@@H]1CC[C@@H]1C=C(C)[C@H]3CC[C@]12C3. The standard InChI is InChI=1S/C22H34O2/c1-15-12-18-6-7-19-20(3,14-24-16(2)23)9-5-10-21(19,4)22(18)11-8-17(15)13-22/h12,17-19H,5-11,13-14H2,1-4H3/t17-,18+,19+,20-,21+,22-/m0/s1. The molecule has 0 aromatic rings. The topological polar surface area (TPSA) is 26.3 Å². The van der Waals surface area contributed by atoms with Gasteiger partial charge in [-0.3, -0.25) is 4.79 Å². The number of rotatable bonds is 2. The second kappa shape index (κ2) is 5.35. The highest BCUT2D eigenvalue weighted by Crippen LogP contribution is 2.73. The minimum atomic E-state index is -0.118. The number of ether oxygens (including phenoxy) is 1. The molecule has 4 aliphatic rings. The molecule has 134 valence electrons. The molecule has 3 saturated carbocycles. The molecule has 2 bridgehead atoms. The molecule has 2 heteroatoms. The van der Waals surface area contributed by atoms with E-state index in [1.165, 1.54) is 51.4 Å². The van der Waals surface area contributed by atoms with Crippen molar-refractivity contribution in [2.24, 2.45) is 34.0 Å². The fraction of sp³-hybridized carbons (Fsp3) is 0.864. The second-order valence-electron chi connectivity index (χ2n) is 9.95. The molecule has 0 heterocycles. The lowest BCUT2D eigenvalue weighted by Gasteiger charge is -2.65. The molecule has 1 spiro atoms. The first-order valence-corrected chi connectivity index (χ1v) is 10.1. The third-order valence-corrected chi connectivity index (χ3v) is 8.93. The van der Waals surface area contributed by atoms with Gasteiger partial charge in [-0.2, -0.15) is 0 Å². The van der Waals surface area contributed by atoms with Crippen LogP contribution in [0.15, 0.2) is 11.6 Å². The Morgan fingerprint density at radius 2 is 2.00 bits per heavy atom. The van der Waals surface area contributed by atoms with Crippen LogP contribution in [0.3, 0.4) is 0 Å². The van der Waals surface area contributed by atoms with E-state index in [4.69, 9.17) is 4.74 Å². The first-order chi connectivity index (χ1) is 11.3. The summed E-state index contributed by atoms with van der Waals surface area (Å²) in [7, 11) is 0. The van der Waals surface area contributed by atoms with E-state index in [1.54, 1.807) is 12.5 Å². The molecular formula is C22H34O2. The van der Waals surface area contributed by atoms with E-state index in [0.29, 0.717) is 23.4 Å². The highest BCUT2D eigenvalue weighted by atomic mass is 16.5. The van der Waals surface area contributed by atoms with Gasteiger partial charge in [0.2, 0.25) is 0 Å². The van der Waals surface area contributed by atoms with Gasteiger partial charge in [-0.25, -0.2) is 0 Å². The largest absolute Gasteiger partial charge is 0.465 e. The Balaban J connectivity index is 1.70. The summed E-state index contributed by atoms with van der Waals surface area (Å²) in [5.41, 5.74) is 2.80. The van der Waals surface area contributed by atoms with E-state index >= 15 is 0 Å². The summed E-state index contributed by atoms with van der Waals surface area (Å²) >= 11 is 0. The van der Waals surface area contributed by atoms with Gasteiger partial charge in [-0.15, -0.1) is 0 Å². The Labute approximate surface area is 147 Å². The zero-order valence-electron chi connectivity index (χ0n) is 16.0. The minimum Gasteiger partial charge on any atom is -0.465 e. The Morgan fingerprint density at radius 3 is 2.75 bits per heavy atom. The maximum absolute atomic E-state index is 11.4. The molecule has 0 amide bonds. The van der Waals surface area contributed by atoms with Crippen molar-refractivity contribution >= 4 is 5.97 Å². The van der Waals surface area contributed by atoms with Crippen LogP contribution >= 0.6 is 0 Å². The lowest BCUT2D eigenvalue weighted by molar-refractivity contribution is -0.176. The van der Waals surface area contributed by atoms with Crippen LogP contribution in [0.4, 0.5) is 0 Å². The van der Waals surface area contributed by atoms with Gasteiger partial charge >= 0.3 is 5.97 Å². The van der Waals surface area contributed by atoms with Crippen molar-refractivity contribution in [3.05, 3.63) is 11.6 Å². The monoisotopic (exact) mass is 330 g/mol. The summed E-state index contributed by atoms with van der Waals surface area (Å²) in [5.74, 6) is 2.24. The lowest BCUT2D eigenvalue weighted by atomic mass is 9.39. The molecule has 0 saturated heterocycles. The van der Waals surface area contributed by atoms with Crippen LogP contribution in [0.25, 0.3) is 0 Å². The fourth-order valence-electron chi connectivity index (χ4n) is 7.74.